The van der Waals surface area contributed by atoms with Crippen LogP contribution in [0.25, 0.3) is 0 Å². The van der Waals surface area contributed by atoms with Gasteiger partial charge in [0.2, 0.25) is 0 Å². The van der Waals surface area contributed by atoms with Crippen molar-refractivity contribution in [2.24, 2.45) is 0 Å². The van der Waals surface area contributed by atoms with Gasteiger partial charge in [0.1, 0.15) is 0 Å². The maximum Gasteiger partial charge on any atom is 0.0443 e. The van der Waals surface area contributed by atoms with Gasteiger partial charge in [-0.3, -0.25) is 0 Å². The molecular formula is C8H18N2O. The number of likely N-dealkylation sites (N-methyl/N-ethyl adjacent to an activating group) is 2. The minimum atomic E-state index is 0.312. The van der Waals surface area contributed by atoms with Gasteiger partial charge in [-0.15, -0.1) is 0 Å². The van der Waals surface area contributed by atoms with Crippen molar-refractivity contribution in [3.63, 3.8) is 0 Å². The first-order chi connectivity index (χ1) is 5.24. The highest BCUT2D eigenvalue weighted by molar-refractivity contribution is 4.84. The van der Waals surface area contributed by atoms with Gasteiger partial charge in [-0.05, 0) is 20.5 Å². The molecule has 3 heteroatoms. The Balaban J connectivity index is 2.06. The molecule has 0 bridgehead atoms. The quantitative estimate of drug-likeness (QED) is 0.604. The first kappa shape index (κ1) is 8.97. The Morgan fingerprint density at radius 2 is 2.18 bits per heavy atom. The van der Waals surface area contributed by atoms with Crippen LogP contribution in [0, 0.1) is 0 Å². The van der Waals surface area contributed by atoms with E-state index >= 15 is 0 Å². The highest BCUT2D eigenvalue weighted by Gasteiger charge is 2.25. The van der Waals surface area contributed by atoms with E-state index in [2.05, 4.69) is 23.9 Å². The van der Waals surface area contributed by atoms with E-state index < -0.39 is 0 Å². The van der Waals surface area contributed by atoms with Crippen LogP contribution in [0.1, 0.15) is 6.42 Å². The predicted octanol–water partition coefficient (Wildman–Crippen LogP) is -0.385. The molecule has 11 heavy (non-hydrogen) atoms. The van der Waals surface area contributed by atoms with Crippen molar-refractivity contribution >= 4 is 0 Å². The van der Waals surface area contributed by atoms with Gasteiger partial charge in [0.05, 0.1) is 0 Å². The number of hydrogen-bond acceptors (Lipinski definition) is 3. The third-order valence-corrected chi connectivity index (χ3v) is 2.34. The number of likely N-dealkylation sites (tertiary alicyclic amines) is 1. The Morgan fingerprint density at radius 3 is 2.64 bits per heavy atom. The average molecular weight is 158 g/mol. The summed E-state index contributed by atoms with van der Waals surface area (Å²) in [6.07, 6.45) is 0.900. The molecule has 1 heterocycles. The van der Waals surface area contributed by atoms with Gasteiger partial charge in [0, 0.05) is 32.3 Å². The third kappa shape index (κ3) is 2.43. The second-order valence-electron chi connectivity index (χ2n) is 3.43. The molecule has 3 nitrogen and oxygen atoms in total. The van der Waals surface area contributed by atoms with E-state index in [1.54, 1.807) is 0 Å². The fourth-order valence-corrected chi connectivity index (χ4v) is 1.45. The Labute approximate surface area is 68.6 Å². The fraction of sp³-hybridized carbons (Fsp3) is 1.00. The van der Waals surface area contributed by atoms with Gasteiger partial charge in [0.15, 0.2) is 0 Å². The number of hydrogen-bond donors (Lipinski definition) is 1. The zero-order valence-corrected chi connectivity index (χ0v) is 7.45. The Hall–Kier alpha value is -0.120. The van der Waals surface area contributed by atoms with Crippen LogP contribution in [0.2, 0.25) is 0 Å². The predicted molar refractivity (Wildman–Crippen MR) is 45.6 cm³/mol. The lowest BCUT2D eigenvalue weighted by molar-refractivity contribution is 0.0665. The highest BCUT2D eigenvalue weighted by atomic mass is 16.3. The van der Waals surface area contributed by atoms with Gasteiger partial charge < -0.3 is 14.9 Å². The molecule has 0 aliphatic carbocycles. The van der Waals surface area contributed by atoms with Crippen LogP contribution >= 0.6 is 0 Å². The van der Waals surface area contributed by atoms with Crippen molar-refractivity contribution in [2.75, 3.05) is 40.3 Å². The summed E-state index contributed by atoms with van der Waals surface area (Å²) in [6, 6.07) is 0.728. The molecule has 0 atom stereocenters. The molecule has 0 spiro atoms. The van der Waals surface area contributed by atoms with Crippen molar-refractivity contribution in [1.29, 1.82) is 0 Å². The van der Waals surface area contributed by atoms with Crippen molar-refractivity contribution in [1.82, 2.24) is 9.80 Å². The Morgan fingerprint density at radius 1 is 1.55 bits per heavy atom. The molecule has 0 aromatic carbocycles. The molecule has 0 unspecified atom stereocenters. The molecule has 1 saturated heterocycles. The van der Waals surface area contributed by atoms with Crippen LogP contribution < -0.4 is 0 Å². The lowest BCUT2D eigenvalue weighted by atomic mass is 10.1. The minimum absolute atomic E-state index is 0.312. The van der Waals surface area contributed by atoms with Crippen molar-refractivity contribution in [2.45, 2.75) is 12.5 Å². The number of rotatable bonds is 4. The highest BCUT2D eigenvalue weighted by Crippen LogP contribution is 2.10. The maximum atomic E-state index is 8.60. The molecule has 0 radical (unpaired) electrons. The number of aliphatic hydroxyl groups excluding tert-OH is 1. The first-order valence-electron chi connectivity index (χ1n) is 4.23. The van der Waals surface area contributed by atoms with Gasteiger partial charge in [-0.2, -0.15) is 0 Å². The van der Waals surface area contributed by atoms with Crippen LogP contribution in [0.4, 0.5) is 0 Å². The van der Waals surface area contributed by atoms with Gasteiger partial charge in [0.25, 0.3) is 0 Å². The summed E-state index contributed by atoms with van der Waals surface area (Å²) in [6.45, 7) is 3.70. The molecule has 1 aliphatic heterocycles. The minimum Gasteiger partial charge on any atom is -0.396 e. The van der Waals surface area contributed by atoms with E-state index in [-0.39, 0.29) is 0 Å². The standard InChI is InChI=1S/C8H18N2O/c1-9-6-8(7-9)10(2)4-3-5-11/h8,11H,3-7H2,1-2H3. The second kappa shape index (κ2) is 4.04. The zero-order chi connectivity index (χ0) is 8.27. The van der Waals surface area contributed by atoms with Crippen LogP contribution in [-0.4, -0.2) is 61.3 Å². The molecule has 0 aromatic rings. The summed E-state index contributed by atoms with van der Waals surface area (Å²) in [5.41, 5.74) is 0. The van der Waals surface area contributed by atoms with Crippen LogP contribution in [0.3, 0.4) is 0 Å². The lowest BCUT2D eigenvalue weighted by Crippen LogP contribution is -2.56. The largest absolute Gasteiger partial charge is 0.396 e. The maximum absolute atomic E-state index is 8.60. The van der Waals surface area contributed by atoms with E-state index in [1.807, 2.05) is 0 Å². The van der Waals surface area contributed by atoms with Crippen LogP contribution in [-0.2, 0) is 0 Å². The summed E-state index contributed by atoms with van der Waals surface area (Å²) < 4.78 is 0. The van der Waals surface area contributed by atoms with Gasteiger partial charge >= 0.3 is 0 Å². The van der Waals surface area contributed by atoms with Crippen molar-refractivity contribution in [3.05, 3.63) is 0 Å². The molecule has 0 aromatic heterocycles. The van der Waals surface area contributed by atoms with Crippen molar-refractivity contribution < 1.29 is 5.11 Å². The monoisotopic (exact) mass is 158 g/mol. The normalized spacial score (nSPS) is 20.7. The molecular weight excluding hydrogens is 140 g/mol. The van der Waals surface area contributed by atoms with Gasteiger partial charge in [-0.25, -0.2) is 0 Å². The SMILES string of the molecule is CN1CC(N(C)CCCO)C1. The second-order valence-corrected chi connectivity index (χ2v) is 3.43. The fourth-order valence-electron chi connectivity index (χ4n) is 1.45. The summed E-state index contributed by atoms with van der Waals surface area (Å²) in [5.74, 6) is 0. The van der Waals surface area contributed by atoms with E-state index in [0.717, 1.165) is 19.0 Å². The summed E-state index contributed by atoms with van der Waals surface area (Å²) in [4.78, 5) is 4.64. The molecule has 1 rings (SSSR count). The molecule has 66 valence electrons. The Bertz CT molecular complexity index is 113. The van der Waals surface area contributed by atoms with Crippen LogP contribution in [0.5, 0.6) is 0 Å². The summed E-state index contributed by atoms with van der Waals surface area (Å²) >= 11 is 0. The molecule has 0 amide bonds. The molecule has 1 aliphatic rings. The number of nitrogens with zero attached hydrogens (tertiary/aromatic N) is 2. The smallest absolute Gasteiger partial charge is 0.0443 e. The number of aliphatic hydroxyl groups is 1. The lowest BCUT2D eigenvalue weighted by Gasteiger charge is -2.42. The van der Waals surface area contributed by atoms with Crippen molar-refractivity contribution in [3.8, 4) is 0 Å². The molecule has 1 fully saturated rings. The summed E-state index contributed by atoms with van der Waals surface area (Å²) in [7, 11) is 4.27. The van der Waals surface area contributed by atoms with Crippen LogP contribution in [0.15, 0.2) is 0 Å². The van der Waals surface area contributed by atoms with E-state index in [0.29, 0.717) is 6.61 Å². The molecule has 0 saturated carbocycles. The average Bonchev–Trinajstić information content (AvgIpc) is 1.94. The van der Waals surface area contributed by atoms with E-state index in [9.17, 15) is 0 Å². The summed E-state index contributed by atoms with van der Waals surface area (Å²) in [5, 5.41) is 8.60. The van der Waals surface area contributed by atoms with E-state index in [4.69, 9.17) is 5.11 Å². The zero-order valence-electron chi connectivity index (χ0n) is 7.45. The topological polar surface area (TPSA) is 26.7 Å². The van der Waals surface area contributed by atoms with E-state index in [1.165, 1.54) is 13.1 Å². The third-order valence-electron chi connectivity index (χ3n) is 2.34. The first-order valence-corrected chi connectivity index (χ1v) is 4.23. The molecule has 1 N–H and O–H groups in total. The van der Waals surface area contributed by atoms with Gasteiger partial charge in [-0.1, -0.05) is 0 Å². The Kier molecular flexibility index (Phi) is 3.30.